The Morgan fingerprint density at radius 2 is 1.94 bits per heavy atom. The Balaban J connectivity index is 1.66. The Morgan fingerprint density at radius 3 is 2.59 bits per heavy atom. The molecule has 0 aliphatic carbocycles. The average molecular weight is 447 g/mol. The lowest BCUT2D eigenvalue weighted by Crippen LogP contribution is -2.47. The third-order valence-corrected chi connectivity index (χ3v) is 4.86. The number of carbonyl (C=O) groups is 2. The van der Waals surface area contributed by atoms with E-state index < -0.39 is 17.8 Å². The first kappa shape index (κ1) is 25.4. The third-order valence-electron chi connectivity index (χ3n) is 4.86. The molecule has 1 fully saturated rings. The van der Waals surface area contributed by atoms with Crippen molar-refractivity contribution in [3.63, 3.8) is 0 Å². The molecule has 1 aliphatic heterocycles. The summed E-state index contributed by atoms with van der Waals surface area (Å²) in [5.74, 6) is 0.389. The normalized spacial score (nSPS) is 17.7. The first-order valence-corrected chi connectivity index (χ1v) is 10.9. The number of nitrogens with one attached hydrogen (secondary N) is 2. The maximum atomic E-state index is 12.5. The van der Waals surface area contributed by atoms with Crippen LogP contribution in [0.3, 0.4) is 0 Å². The van der Waals surface area contributed by atoms with Gasteiger partial charge < -0.3 is 25.2 Å². The number of aliphatic hydroxyl groups is 1. The lowest BCUT2D eigenvalue weighted by atomic mass is 9.97. The van der Waals surface area contributed by atoms with Crippen molar-refractivity contribution in [1.82, 2.24) is 15.5 Å². The zero-order valence-electron chi connectivity index (χ0n) is 19.1. The average Bonchev–Trinajstić information content (AvgIpc) is 2.74. The number of alkyl carbamates (subject to hydrolysis) is 1. The van der Waals surface area contributed by atoms with Crippen molar-refractivity contribution in [3.05, 3.63) is 29.8 Å². The van der Waals surface area contributed by atoms with E-state index in [-0.39, 0.29) is 18.4 Å². The summed E-state index contributed by atoms with van der Waals surface area (Å²) in [4.78, 5) is 26.2. The van der Waals surface area contributed by atoms with Gasteiger partial charge in [0.2, 0.25) is 5.91 Å². The summed E-state index contributed by atoms with van der Waals surface area (Å²) in [6, 6.07) is 8.77. The highest BCUT2D eigenvalue weighted by molar-refractivity contribution is 5.79. The van der Waals surface area contributed by atoms with Crippen molar-refractivity contribution < 1.29 is 24.2 Å². The summed E-state index contributed by atoms with van der Waals surface area (Å²) in [7, 11) is 0. The predicted molar refractivity (Wildman–Crippen MR) is 119 cm³/mol. The van der Waals surface area contributed by atoms with Crippen LogP contribution in [0.1, 0.15) is 39.2 Å². The molecule has 0 aromatic heterocycles. The van der Waals surface area contributed by atoms with Gasteiger partial charge in [0.05, 0.1) is 17.6 Å². The van der Waals surface area contributed by atoms with Gasteiger partial charge in [0.1, 0.15) is 24.1 Å². The predicted octanol–water partition coefficient (Wildman–Crippen LogP) is 1.65. The summed E-state index contributed by atoms with van der Waals surface area (Å²) in [5, 5.41) is 24.6. The summed E-state index contributed by atoms with van der Waals surface area (Å²) in [6.45, 7) is 7.93. The minimum atomic E-state index is -0.689. The third kappa shape index (κ3) is 9.54. The highest BCUT2D eigenvalue weighted by Crippen LogP contribution is 2.17. The van der Waals surface area contributed by atoms with Gasteiger partial charge in [-0.15, -0.1) is 0 Å². The van der Waals surface area contributed by atoms with E-state index in [0.29, 0.717) is 37.5 Å². The van der Waals surface area contributed by atoms with E-state index in [2.05, 4.69) is 15.5 Å². The van der Waals surface area contributed by atoms with E-state index in [9.17, 15) is 14.7 Å². The van der Waals surface area contributed by atoms with Crippen LogP contribution in [0.25, 0.3) is 0 Å². The number of ether oxygens (including phenoxy) is 2. The second kappa shape index (κ2) is 12.3. The lowest BCUT2D eigenvalue weighted by molar-refractivity contribution is -0.126. The van der Waals surface area contributed by atoms with Gasteiger partial charge in [-0.25, -0.2) is 4.79 Å². The number of carbonyl (C=O) groups excluding carboxylic acids is 2. The molecule has 2 amide bonds. The van der Waals surface area contributed by atoms with Crippen LogP contribution in [0.2, 0.25) is 0 Å². The lowest BCUT2D eigenvalue weighted by Gasteiger charge is -2.33. The van der Waals surface area contributed by atoms with E-state index >= 15 is 0 Å². The van der Waals surface area contributed by atoms with Crippen LogP contribution >= 0.6 is 0 Å². The molecule has 1 aliphatic rings. The second-order valence-electron chi connectivity index (χ2n) is 8.92. The van der Waals surface area contributed by atoms with Crippen LogP contribution in [0.4, 0.5) is 4.79 Å². The molecular weight excluding hydrogens is 412 g/mol. The Labute approximate surface area is 189 Å². The quantitative estimate of drug-likeness (QED) is 0.493. The zero-order valence-corrected chi connectivity index (χ0v) is 19.1. The standard InChI is InChI=1S/C23H34N4O5/c1-23(2,3)32-22(30)26-11-10-25-21(29)18-5-4-12-27(14-18)15-19(28)16-31-20-8-6-17(13-24)7-9-20/h6-9,18-19,28H,4-5,10-12,14-16H2,1-3H3,(H,25,29)(H,26,30). The summed E-state index contributed by atoms with van der Waals surface area (Å²) in [6.07, 6.45) is 0.468. The molecule has 0 radical (unpaired) electrons. The van der Waals surface area contributed by atoms with Crippen molar-refractivity contribution in [2.24, 2.45) is 5.92 Å². The second-order valence-corrected chi connectivity index (χ2v) is 8.92. The number of benzene rings is 1. The molecule has 1 saturated heterocycles. The molecule has 176 valence electrons. The molecular formula is C23H34N4O5. The number of aliphatic hydroxyl groups excluding tert-OH is 1. The fourth-order valence-corrected chi connectivity index (χ4v) is 3.41. The van der Waals surface area contributed by atoms with E-state index in [0.717, 1.165) is 19.4 Å². The summed E-state index contributed by atoms with van der Waals surface area (Å²) < 4.78 is 10.7. The maximum Gasteiger partial charge on any atom is 0.407 e. The van der Waals surface area contributed by atoms with E-state index in [1.54, 1.807) is 45.0 Å². The molecule has 1 heterocycles. The molecule has 3 N–H and O–H groups in total. The van der Waals surface area contributed by atoms with Crippen LogP contribution in [0, 0.1) is 17.2 Å². The van der Waals surface area contributed by atoms with E-state index in [4.69, 9.17) is 14.7 Å². The number of nitriles is 1. The minimum absolute atomic E-state index is 0.0518. The van der Waals surface area contributed by atoms with E-state index in [1.165, 1.54) is 0 Å². The van der Waals surface area contributed by atoms with Gasteiger partial charge in [-0.05, 0) is 64.4 Å². The number of hydrogen-bond donors (Lipinski definition) is 3. The molecule has 0 bridgehead atoms. The minimum Gasteiger partial charge on any atom is -0.491 e. The number of β-amino-alcohol motifs (C(OH)–C–C–N with tert-alkyl or cyclic N) is 1. The molecule has 32 heavy (non-hydrogen) atoms. The summed E-state index contributed by atoms with van der Waals surface area (Å²) in [5.41, 5.74) is -0.00702. The van der Waals surface area contributed by atoms with E-state index in [1.807, 2.05) is 6.07 Å². The fourth-order valence-electron chi connectivity index (χ4n) is 3.41. The fraction of sp³-hybridized carbons (Fsp3) is 0.609. The Kier molecular flexibility index (Phi) is 9.75. The number of rotatable bonds is 9. The van der Waals surface area contributed by atoms with Crippen LogP contribution in [0.15, 0.2) is 24.3 Å². The van der Waals surface area contributed by atoms with Gasteiger partial charge in [0.15, 0.2) is 0 Å². The topological polar surface area (TPSA) is 124 Å². The monoisotopic (exact) mass is 446 g/mol. The Morgan fingerprint density at radius 1 is 1.25 bits per heavy atom. The van der Waals surface area contributed by atoms with Crippen molar-refractivity contribution in [3.8, 4) is 11.8 Å². The van der Waals surface area contributed by atoms with Crippen molar-refractivity contribution >= 4 is 12.0 Å². The smallest absolute Gasteiger partial charge is 0.407 e. The zero-order chi connectivity index (χ0) is 23.6. The van der Waals surface area contributed by atoms with Gasteiger partial charge in [-0.3, -0.25) is 9.69 Å². The number of nitrogens with zero attached hydrogens (tertiary/aromatic N) is 2. The van der Waals surface area contributed by atoms with Gasteiger partial charge >= 0.3 is 6.09 Å². The van der Waals surface area contributed by atoms with Crippen LogP contribution in [-0.2, 0) is 9.53 Å². The Hall–Kier alpha value is -2.83. The van der Waals surface area contributed by atoms with Crippen molar-refractivity contribution in [2.75, 3.05) is 39.3 Å². The Bertz CT molecular complexity index is 785. The molecule has 9 heteroatoms. The van der Waals surface area contributed by atoms with Gasteiger partial charge in [-0.2, -0.15) is 5.26 Å². The first-order valence-electron chi connectivity index (χ1n) is 10.9. The molecule has 9 nitrogen and oxygen atoms in total. The highest BCUT2D eigenvalue weighted by Gasteiger charge is 2.27. The molecule has 2 rings (SSSR count). The first-order chi connectivity index (χ1) is 15.2. The van der Waals surface area contributed by atoms with Crippen LogP contribution < -0.4 is 15.4 Å². The van der Waals surface area contributed by atoms with Gasteiger partial charge in [-0.1, -0.05) is 0 Å². The number of amides is 2. The molecule has 0 spiro atoms. The number of hydrogen-bond acceptors (Lipinski definition) is 7. The van der Waals surface area contributed by atoms with Crippen LogP contribution in [-0.4, -0.2) is 73.0 Å². The number of likely N-dealkylation sites (tertiary alicyclic amines) is 1. The molecule has 1 aromatic carbocycles. The molecule has 2 unspecified atom stereocenters. The van der Waals surface area contributed by atoms with Crippen LogP contribution in [0.5, 0.6) is 5.75 Å². The van der Waals surface area contributed by atoms with Crippen molar-refractivity contribution in [1.29, 1.82) is 5.26 Å². The molecule has 0 saturated carbocycles. The SMILES string of the molecule is CC(C)(C)OC(=O)NCCNC(=O)C1CCCN(CC(O)COc2ccc(C#N)cc2)C1. The maximum absolute atomic E-state index is 12.5. The van der Waals surface area contributed by atoms with Gasteiger partial charge in [0.25, 0.3) is 0 Å². The highest BCUT2D eigenvalue weighted by atomic mass is 16.6. The summed E-state index contributed by atoms with van der Waals surface area (Å²) >= 11 is 0. The van der Waals surface area contributed by atoms with Crippen molar-refractivity contribution in [2.45, 2.75) is 45.3 Å². The molecule has 2 atom stereocenters. The number of piperidine rings is 1. The molecule has 1 aromatic rings. The van der Waals surface area contributed by atoms with Gasteiger partial charge in [0, 0.05) is 26.2 Å². The largest absolute Gasteiger partial charge is 0.491 e.